The van der Waals surface area contributed by atoms with Gasteiger partial charge >= 0.3 is 11.9 Å². The molecule has 8 heteroatoms. The fourth-order valence-corrected chi connectivity index (χ4v) is 2.36. The number of benzene rings is 1. The third-order valence-electron chi connectivity index (χ3n) is 2.98. The van der Waals surface area contributed by atoms with Gasteiger partial charge in [-0.2, -0.15) is 0 Å². The molecule has 0 saturated carbocycles. The number of rotatable bonds is 8. The first kappa shape index (κ1) is 21.0. The van der Waals surface area contributed by atoms with Gasteiger partial charge in [0.15, 0.2) is 5.78 Å². The van der Waals surface area contributed by atoms with Crippen molar-refractivity contribution in [2.45, 2.75) is 27.2 Å². The molecule has 1 rings (SSSR count). The van der Waals surface area contributed by atoms with Crippen molar-refractivity contribution in [2.75, 3.05) is 18.5 Å². The molecule has 0 atom stereocenters. The summed E-state index contributed by atoms with van der Waals surface area (Å²) in [5.41, 5.74) is 0.120. The van der Waals surface area contributed by atoms with Crippen molar-refractivity contribution in [1.82, 2.24) is 0 Å². The van der Waals surface area contributed by atoms with E-state index in [0.717, 1.165) is 0 Å². The highest BCUT2D eigenvalue weighted by Crippen LogP contribution is 2.32. The van der Waals surface area contributed by atoms with Crippen LogP contribution in [0.2, 0.25) is 10.0 Å². The van der Waals surface area contributed by atoms with Crippen LogP contribution in [0, 0.1) is 0 Å². The van der Waals surface area contributed by atoms with Crippen LogP contribution in [0.1, 0.15) is 37.6 Å². The Balaban J connectivity index is 3.12. The minimum atomic E-state index is -0.738. The Labute approximate surface area is 156 Å². The van der Waals surface area contributed by atoms with Crippen molar-refractivity contribution in [1.29, 1.82) is 0 Å². The van der Waals surface area contributed by atoms with E-state index in [4.69, 9.17) is 32.7 Å². The van der Waals surface area contributed by atoms with Gasteiger partial charge in [0.05, 0.1) is 34.5 Å². The highest BCUT2D eigenvalue weighted by Gasteiger charge is 2.20. The number of carbonyl (C=O) groups is 3. The molecule has 0 aliphatic rings. The lowest BCUT2D eigenvalue weighted by molar-refractivity contribution is -0.140. The normalized spacial score (nSPS) is 11.0. The zero-order chi connectivity index (χ0) is 19.0. The van der Waals surface area contributed by atoms with Crippen LogP contribution in [0.5, 0.6) is 0 Å². The van der Waals surface area contributed by atoms with Crippen LogP contribution in [-0.4, -0.2) is 30.9 Å². The Hall–Kier alpha value is -2.05. The van der Waals surface area contributed by atoms with Crippen molar-refractivity contribution in [2.24, 2.45) is 0 Å². The number of nitrogens with one attached hydrogen (secondary N) is 1. The molecule has 1 aromatic rings. The van der Waals surface area contributed by atoms with E-state index >= 15 is 0 Å². The highest BCUT2D eigenvalue weighted by atomic mass is 35.5. The molecule has 0 heterocycles. The van der Waals surface area contributed by atoms with Gasteiger partial charge in [0.25, 0.3) is 0 Å². The minimum Gasteiger partial charge on any atom is -0.462 e. The fraction of sp³-hybridized carbons (Fsp3) is 0.353. The number of esters is 2. The molecule has 0 radical (unpaired) electrons. The SMILES string of the molecule is CCCOC(=O)C(=CNc1ccc(Cl)c(C(=O)OCC)c1Cl)C(C)=O. The van der Waals surface area contributed by atoms with Crippen LogP contribution in [0.3, 0.4) is 0 Å². The molecular formula is C17H19Cl2NO5. The zero-order valence-electron chi connectivity index (χ0n) is 14.2. The van der Waals surface area contributed by atoms with Gasteiger partial charge in [-0.3, -0.25) is 4.79 Å². The average molecular weight is 388 g/mol. The fourth-order valence-electron chi connectivity index (χ4n) is 1.78. The molecule has 0 aliphatic heterocycles. The Morgan fingerprint density at radius 3 is 2.40 bits per heavy atom. The lowest BCUT2D eigenvalue weighted by atomic mass is 10.1. The molecule has 0 fully saturated rings. The predicted molar refractivity (Wildman–Crippen MR) is 96.1 cm³/mol. The first-order valence-corrected chi connectivity index (χ1v) is 8.38. The molecule has 0 spiro atoms. The monoisotopic (exact) mass is 387 g/mol. The standard InChI is InChI=1S/C17H19Cl2NO5/c1-4-8-25-16(22)11(10(3)21)9-20-13-7-6-12(18)14(15(13)19)17(23)24-5-2/h6-7,9,20H,4-5,8H2,1-3H3. The average Bonchev–Trinajstić information content (AvgIpc) is 2.55. The van der Waals surface area contributed by atoms with Crippen molar-refractivity contribution in [3.63, 3.8) is 0 Å². The molecule has 136 valence electrons. The molecule has 0 aliphatic carbocycles. The number of Topliss-reactive ketones (excluding diaryl/α,β-unsaturated/α-hetero) is 1. The van der Waals surface area contributed by atoms with Crippen molar-refractivity contribution >= 4 is 46.6 Å². The summed E-state index contributed by atoms with van der Waals surface area (Å²) in [6.45, 7) is 5.12. The second-order valence-corrected chi connectivity index (χ2v) is 5.68. The van der Waals surface area contributed by atoms with Gasteiger partial charge in [0.2, 0.25) is 0 Å². The van der Waals surface area contributed by atoms with Gasteiger partial charge in [-0.15, -0.1) is 0 Å². The van der Waals surface area contributed by atoms with Crippen molar-refractivity contribution in [3.8, 4) is 0 Å². The minimum absolute atomic E-state index is 0.00141. The van der Waals surface area contributed by atoms with Gasteiger partial charge in [0.1, 0.15) is 5.57 Å². The van der Waals surface area contributed by atoms with E-state index in [-0.39, 0.29) is 40.1 Å². The Kier molecular flexibility index (Phi) is 8.45. The summed E-state index contributed by atoms with van der Waals surface area (Å²) in [5.74, 6) is -1.87. The Morgan fingerprint density at radius 2 is 1.84 bits per heavy atom. The number of anilines is 1. The quantitative estimate of drug-likeness (QED) is 0.314. The van der Waals surface area contributed by atoms with Crippen LogP contribution in [-0.2, 0) is 19.1 Å². The molecule has 0 aromatic heterocycles. The molecule has 1 aromatic carbocycles. The maximum absolute atomic E-state index is 11.9. The van der Waals surface area contributed by atoms with E-state index in [9.17, 15) is 14.4 Å². The van der Waals surface area contributed by atoms with Gasteiger partial charge in [0, 0.05) is 6.20 Å². The second kappa shape index (κ2) is 10.1. The predicted octanol–water partition coefficient (Wildman–Crippen LogP) is 4.01. The summed E-state index contributed by atoms with van der Waals surface area (Å²) in [6.07, 6.45) is 1.82. The molecule has 0 saturated heterocycles. The van der Waals surface area contributed by atoms with Crippen LogP contribution in [0.25, 0.3) is 0 Å². The maximum Gasteiger partial charge on any atom is 0.343 e. The topological polar surface area (TPSA) is 81.7 Å². The van der Waals surface area contributed by atoms with Crippen LogP contribution in [0.4, 0.5) is 5.69 Å². The third kappa shape index (κ3) is 5.76. The highest BCUT2D eigenvalue weighted by molar-refractivity contribution is 6.41. The van der Waals surface area contributed by atoms with Crippen LogP contribution in [0.15, 0.2) is 23.9 Å². The summed E-state index contributed by atoms with van der Waals surface area (Å²) in [4.78, 5) is 35.5. The smallest absolute Gasteiger partial charge is 0.343 e. The number of hydrogen-bond donors (Lipinski definition) is 1. The second-order valence-electron chi connectivity index (χ2n) is 4.90. The van der Waals surface area contributed by atoms with Gasteiger partial charge in [-0.05, 0) is 32.4 Å². The number of ketones is 1. The van der Waals surface area contributed by atoms with E-state index in [2.05, 4.69) is 5.32 Å². The summed E-state index contributed by atoms with van der Waals surface area (Å²) >= 11 is 12.2. The first-order chi connectivity index (χ1) is 11.8. The van der Waals surface area contributed by atoms with Crippen LogP contribution >= 0.6 is 23.2 Å². The summed E-state index contributed by atoms with van der Waals surface area (Å²) < 4.78 is 9.86. The summed E-state index contributed by atoms with van der Waals surface area (Å²) in [5, 5.41) is 2.89. The van der Waals surface area contributed by atoms with Gasteiger partial charge in [-0.1, -0.05) is 30.1 Å². The Bertz CT molecular complexity index is 701. The maximum atomic E-state index is 11.9. The van der Waals surface area contributed by atoms with Crippen molar-refractivity contribution in [3.05, 3.63) is 39.5 Å². The molecular weight excluding hydrogens is 369 g/mol. The van der Waals surface area contributed by atoms with Crippen molar-refractivity contribution < 1.29 is 23.9 Å². The van der Waals surface area contributed by atoms with Gasteiger partial charge in [-0.25, -0.2) is 9.59 Å². The summed E-state index contributed by atoms with van der Waals surface area (Å²) in [7, 11) is 0. The number of hydrogen-bond acceptors (Lipinski definition) is 6. The molecule has 1 N–H and O–H groups in total. The van der Waals surface area contributed by atoms with E-state index < -0.39 is 17.7 Å². The van der Waals surface area contributed by atoms with E-state index in [1.807, 2.05) is 6.92 Å². The number of carbonyl (C=O) groups excluding carboxylic acids is 3. The molecule has 25 heavy (non-hydrogen) atoms. The lowest BCUT2D eigenvalue weighted by Gasteiger charge is -2.11. The van der Waals surface area contributed by atoms with Gasteiger partial charge < -0.3 is 14.8 Å². The first-order valence-electron chi connectivity index (χ1n) is 7.63. The van der Waals surface area contributed by atoms with Crippen LogP contribution < -0.4 is 5.32 Å². The number of ether oxygens (including phenoxy) is 2. The molecule has 0 amide bonds. The van der Waals surface area contributed by atoms with E-state index in [1.54, 1.807) is 6.92 Å². The third-order valence-corrected chi connectivity index (χ3v) is 3.69. The molecule has 0 unspecified atom stereocenters. The van der Waals surface area contributed by atoms with E-state index in [1.165, 1.54) is 25.3 Å². The van der Waals surface area contributed by atoms with E-state index in [0.29, 0.717) is 6.42 Å². The zero-order valence-corrected chi connectivity index (χ0v) is 15.7. The lowest BCUT2D eigenvalue weighted by Crippen LogP contribution is -2.16. The largest absolute Gasteiger partial charge is 0.462 e. The summed E-state index contributed by atoms with van der Waals surface area (Å²) in [6, 6.07) is 2.97. The number of halogens is 2. The Morgan fingerprint density at radius 1 is 1.16 bits per heavy atom. The molecule has 0 bridgehead atoms. The molecule has 6 nitrogen and oxygen atoms in total.